The quantitative estimate of drug-likeness (QED) is 0.277. The number of para-hydroxylation sites is 1. The molecule has 0 saturated carbocycles. The largest absolute Gasteiger partial charge is 0.497 e. The maximum Gasteiger partial charge on any atom is 0.257 e. The number of halogens is 2. The fourth-order valence-electron chi connectivity index (χ4n) is 5.90. The minimum atomic E-state index is -0.543. The average Bonchev–Trinajstić information content (AvgIpc) is 2.99. The molecule has 8 nitrogen and oxygen atoms in total. The summed E-state index contributed by atoms with van der Waals surface area (Å²) in [6.07, 6.45) is 0.974. The van der Waals surface area contributed by atoms with Crippen LogP contribution in [0.2, 0.25) is 0 Å². The number of benzene rings is 3. The normalized spacial score (nSPS) is 17.3. The van der Waals surface area contributed by atoms with Crippen LogP contribution < -0.4 is 25.8 Å². The molecule has 4 aromatic rings. The summed E-state index contributed by atoms with van der Waals surface area (Å²) in [4.78, 5) is 41.4. The van der Waals surface area contributed by atoms with E-state index in [1.165, 1.54) is 19.2 Å². The van der Waals surface area contributed by atoms with Gasteiger partial charge in [0.2, 0.25) is 0 Å². The second-order valence-corrected chi connectivity index (χ2v) is 11.4. The molecule has 2 atom stereocenters. The highest BCUT2D eigenvalue weighted by Gasteiger charge is 2.35. The van der Waals surface area contributed by atoms with Gasteiger partial charge in [0.05, 0.1) is 29.7 Å². The van der Waals surface area contributed by atoms with Crippen LogP contribution in [0, 0.1) is 11.7 Å². The van der Waals surface area contributed by atoms with Crippen molar-refractivity contribution in [3.63, 3.8) is 0 Å². The maximum absolute atomic E-state index is 14.2. The van der Waals surface area contributed by atoms with E-state index < -0.39 is 11.7 Å². The van der Waals surface area contributed by atoms with Crippen LogP contribution in [0.15, 0.2) is 88.1 Å². The number of piperidine rings is 1. The lowest BCUT2D eigenvalue weighted by atomic mass is 9.83. The first-order valence-electron chi connectivity index (χ1n) is 13.6. The highest BCUT2D eigenvalue weighted by molar-refractivity contribution is 9.10. The highest BCUT2D eigenvalue weighted by atomic mass is 79.9. The van der Waals surface area contributed by atoms with E-state index in [0.717, 1.165) is 17.8 Å². The number of nitrogens with one attached hydrogen (secondary N) is 2. The van der Waals surface area contributed by atoms with Gasteiger partial charge in [-0.25, -0.2) is 4.39 Å². The van der Waals surface area contributed by atoms with Crippen molar-refractivity contribution in [1.82, 2.24) is 4.57 Å². The number of aromatic nitrogens is 1. The SMILES string of the molecule is COc1ccc(Br)c(C(=O)Nc2cc(C(=O)Nc3ccccc3F)ccc2N2CC3CC(C2)c2cccc(=O)n2C3)c1. The third kappa shape index (κ3) is 5.42. The molecule has 2 aliphatic heterocycles. The molecule has 214 valence electrons. The standard InChI is InChI=1S/C32H28BrFN4O4/c1-42-22-10-11-24(33)23(15-22)32(41)36-27-14-20(31(40)35-26-6-3-2-5-25(26)34)9-12-29(27)37-16-19-13-21(18-37)28-7-4-8-30(39)38(28)17-19/h2-12,14-15,19,21H,13,16-18H2,1H3,(H,35,40)(H,36,41). The molecule has 0 aliphatic carbocycles. The van der Waals surface area contributed by atoms with Gasteiger partial charge >= 0.3 is 0 Å². The van der Waals surface area contributed by atoms with Crippen LogP contribution >= 0.6 is 15.9 Å². The molecule has 2 unspecified atom stereocenters. The number of nitrogens with zero attached hydrogens (tertiary/aromatic N) is 2. The summed E-state index contributed by atoms with van der Waals surface area (Å²) in [7, 11) is 1.53. The predicted octanol–water partition coefficient (Wildman–Crippen LogP) is 5.89. The van der Waals surface area contributed by atoms with Crippen molar-refractivity contribution in [1.29, 1.82) is 0 Å². The van der Waals surface area contributed by atoms with Gasteiger partial charge in [0.15, 0.2) is 0 Å². The zero-order chi connectivity index (χ0) is 29.4. The highest BCUT2D eigenvalue weighted by Crippen LogP contribution is 2.39. The van der Waals surface area contributed by atoms with Crippen molar-refractivity contribution in [3.8, 4) is 5.75 Å². The van der Waals surface area contributed by atoms with E-state index in [1.807, 2.05) is 16.7 Å². The lowest BCUT2D eigenvalue weighted by Crippen LogP contribution is -2.47. The zero-order valence-electron chi connectivity index (χ0n) is 22.8. The Bertz CT molecular complexity index is 1760. The first-order chi connectivity index (χ1) is 20.3. The summed E-state index contributed by atoms with van der Waals surface area (Å²) >= 11 is 3.45. The molecule has 3 heterocycles. The second kappa shape index (κ2) is 11.4. The van der Waals surface area contributed by atoms with E-state index in [4.69, 9.17) is 4.74 Å². The Hall–Kier alpha value is -4.44. The maximum atomic E-state index is 14.2. The number of hydrogen-bond donors (Lipinski definition) is 2. The van der Waals surface area contributed by atoms with Crippen molar-refractivity contribution in [2.45, 2.75) is 18.9 Å². The molecular weight excluding hydrogens is 603 g/mol. The number of hydrogen-bond acceptors (Lipinski definition) is 5. The third-order valence-electron chi connectivity index (χ3n) is 7.87. The zero-order valence-corrected chi connectivity index (χ0v) is 24.4. The van der Waals surface area contributed by atoms with Crippen molar-refractivity contribution >= 4 is 44.8 Å². The fourth-order valence-corrected chi connectivity index (χ4v) is 6.33. The monoisotopic (exact) mass is 630 g/mol. The molecule has 2 bridgehead atoms. The lowest BCUT2D eigenvalue weighted by molar-refractivity contribution is 0.101. The van der Waals surface area contributed by atoms with E-state index in [0.29, 0.717) is 41.1 Å². The van der Waals surface area contributed by atoms with E-state index in [1.54, 1.807) is 54.6 Å². The summed E-state index contributed by atoms with van der Waals surface area (Å²) < 4.78 is 22.0. The van der Waals surface area contributed by atoms with E-state index >= 15 is 0 Å². The topological polar surface area (TPSA) is 92.7 Å². The number of fused-ring (bicyclic) bond motifs is 4. The Morgan fingerprint density at radius 3 is 2.52 bits per heavy atom. The first kappa shape index (κ1) is 27.7. The number of amides is 2. The van der Waals surface area contributed by atoms with Gasteiger partial charge in [0.1, 0.15) is 11.6 Å². The molecule has 0 radical (unpaired) electrons. The van der Waals surface area contributed by atoms with Crippen LogP contribution in [0.4, 0.5) is 21.5 Å². The molecule has 1 aromatic heterocycles. The summed E-state index contributed by atoms with van der Waals surface area (Å²) in [5, 5.41) is 5.62. The molecular formula is C32H28BrFN4O4. The van der Waals surface area contributed by atoms with Crippen LogP contribution in [0.1, 0.15) is 38.7 Å². The first-order valence-corrected chi connectivity index (χ1v) is 14.4. The van der Waals surface area contributed by atoms with Gasteiger partial charge in [-0.2, -0.15) is 0 Å². The second-order valence-electron chi connectivity index (χ2n) is 10.6. The molecule has 3 aromatic carbocycles. The van der Waals surface area contributed by atoms with Gasteiger partial charge < -0.3 is 24.8 Å². The van der Waals surface area contributed by atoms with Crippen LogP contribution in [0.3, 0.4) is 0 Å². The molecule has 42 heavy (non-hydrogen) atoms. The van der Waals surface area contributed by atoms with E-state index in [2.05, 4.69) is 31.5 Å². The van der Waals surface area contributed by atoms with Gasteiger partial charge in [-0.15, -0.1) is 0 Å². The van der Waals surface area contributed by atoms with Crippen molar-refractivity contribution < 1.29 is 18.7 Å². The van der Waals surface area contributed by atoms with E-state index in [-0.39, 0.29) is 34.6 Å². The number of carbonyl (C=O) groups excluding carboxylic acids is 2. The van der Waals surface area contributed by atoms with Crippen LogP contribution in [-0.2, 0) is 6.54 Å². The molecule has 2 amide bonds. The number of anilines is 3. The van der Waals surface area contributed by atoms with Gasteiger partial charge in [-0.3, -0.25) is 14.4 Å². The van der Waals surface area contributed by atoms with E-state index in [9.17, 15) is 18.8 Å². The Kier molecular flexibility index (Phi) is 7.55. The third-order valence-corrected chi connectivity index (χ3v) is 8.56. The van der Waals surface area contributed by atoms with Crippen molar-refractivity contribution in [2.75, 3.05) is 35.7 Å². The number of carbonyl (C=O) groups is 2. The molecule has 1 saturated heterocycles. The van der Waals surface area contributed by atoms with Gasteiger partial charge in [0.25, 0.3) is 17.4 Å². The average molecular weight is 632 g/mol. The van der Waals surface area contributed by atoms with Crippen LogP contribution in [-0.4, -0.2) is 36.6 Å². The summed E-state index contributed by atoms with van der Waals surface area (Å²) in [5.41, 5.74) is 2.91. The van der Waals surface area contributed by atoms with Crippen LogP contribution in [0.25, 0.3) is 0 Å². The summed E-state index contributed by atoms with van der Waals surface area (Å²) in [6.45, 7) is 1.96. The van der Waals surface area contributed by atoms with Gasteiger partial charge in [0, 0.05) is 47.3 Å². The summed E-state index contributed by atoms with van der Waals surface area (Å²) in [6, 6.07) is 21.6. The smallest absolute Gasteiger partial charge is 0.257 e. The Balaban J connectivity index is 1.35. The Morgan fingerprint density at radius 2 is 1.71 bits per heavy atom. The number of ether oxygens (including phenoxy) is 1. The molecule has 1 fully saturated rings. The Labute approximate surface area is 250 Å². The molecule has 0 spiro atoms. The molecule has 6 rings (SSSR count). The molecule has 2 N–H and O–H groups in total. The number of pyridine rings is 1. The number of methoxy groups -OCH3 is 1. The lowest BCUT2D eigenvalue weighted by Gasteiger charge is -2.44. The predicted molar refractivity (Wildman–Crippen MR) is 163 cm³/mol. The van der Waals surface area contributed by atoms with Crippen molar-refractivity contribution in [3.05, 3.63) is 116 Å². The van der Waals surface area contributed by atoms with Crippen molar-refractivity contribution in [2.24, 2.45) is 5.92 Å². The Morgan fingerprint density at radius 1 is 0.905 bits per heavy atom. The molecule has 10 heteroatoms. The number of rotatable bonds is 6. The summed E-state index contributed by atoms with van der Waals surface area (Å²) in [5.74, 6) is -0.517. The minimum absolute atomic E-state index is 0.0117. The fraction of sp³-hybridized carbons (Fsp3) is 0.219. The van der Waals surface area contributed by atoms with Crippen LogP contribution in [0.5, 0.6) is 5.75 Å². The van der Waals surface area contributed by atoms with Gasteiger partial charge in [-0.05, 0) is 82.9 Å². The van der Waals surface area contributed by atoms with Gasteiger partial charge in [-0.1, -0.05) is 18.2 Å². The molecule has 2 aliphatic rings. The minimum Gasteiger partial charge on any atom is -0.497 e.